The van der Waals surface area contributed by atoms with Gasteiger partial charge in [-0.05, 0) is 24.3 Å². The predicted octanol–water partition coefficient (Wildman–Crippen LogP) is 4.63. The summed E-state index contributed by atoms with van der Waals surface area (Å²) in [6.45, 7) is 0.168. The molecule has 1 aromatic carbocycles. The lowest BCUT2D eigenvalue weighted by molar-refractivity contribution is -0.145. The molecule has 0 saturated carbocycles. The van der Waals surface area contributed by atoms with Gasteiger partial charge in [0.2, 0.25) is 0 Å². The summed E-state index contributed by atoms with van der Waals surface area (Å²) >= 11 is 1.46. The van der Waals surface area contributed by atoms with Gasteiger partial charge >= 0.3 is 5.97 Å². The first-order valence-electron chi connectivity index (χ1n) is 8.26. The Bertz CT molecular complexity index is 1020. The van der Waals surface area contributed by atoms with Crippen molar-refractivity contribution in [1.29, 1.82) is 0 Å². The number of furan rings is 1. The highest BCUT2D eigenvalue weighted by Gasteiger charge is 2.10. The van der Waals surface area contributed by atoms with Crippen molar-refractivity contribution in [3.8, 4) is 10.8 Å². The minimum absolute atomic E-state index is 0.168. The predicted molar refractivity (Wildman–Crippen MR) is 99.7 cm³/mol. The number of fused-ring (bicyclic) bond motifs is 1. The zero-order valence-corrected chi connectivity index (χ0v) is 14.7. The van der Waals surface area contributed by atoms with Crippen LogP contribution >= 0.6 is 11.3 Å². The molecule has 0 aliphatic rings. The number of carbonyl (C=O) groups excluding carboxylic acids is 1. The van der Waals surface area contributed by atoms with Gasteiger partial charge in [0.1, 0.15) is 6.61 Å². The SMILES string of the molecule is O=C(CCc1ccc2ccccc2n1)OCc1csc(-c2ccco2)n1. The van der Waals surface area contributed by atoms with Crippen LogP contribution in [0.3, 0.4) is 0 Å². The normalized spacial score (nSPS) is 10.9. The maximum absolute atomic E-state index is 12.0. The first kappa shape index (κ1) is 16.5. The number of ether oxygens (including phenoxy) is 1. The molecule has 3 heterocycles. The average Bonchev–Trinajstić information content (AvgIpc) is 3.36. The number of hydrogen-bond acceptors (Lipinski definition) is 6. The van der Waals surface area contributed by atoms with Crippen molar-refractivity contribution in [2.45, 2.75) is 19.4 Å². The first-order valence-corrected chi connectivity index (χ1v) is 9.14. The van der Waals surface area contributed by atoms with E-state index in [1.54, 1.807) is 6.26 Å². The van der Waals surface area contributed by atoms with Crippen molar-refractivity contribution in [3.05, 3.63) is 71.6 Å². The minimum Gasteiger partial charge on any atom is -0.462 e. The summed E-state index contributed by atoms with van der Waals surface area (Å²) in [5, 5.41) is 3.74. The fourth-order valence-corrected chi connectivity index (χ4v) is 3.36. The van der Waals surface area contributed by atoms with Crippen molar-refractivity contribution in [1.82, 2.24) is 9.97 Å². The molecule has 0 aliphatic heterocycles. The fraction of sp³-hybridized carbons (Fsp3) is 0.150. The topological polar surface area (TPSA) is 65.2 Å². The summed E-state index contributed by atoms with van der Waals surface area (Å²) in [6.07, 6.45) is 2.45. The van der Waals surface area contributed by atoms with Gasteiger partial charge in [-0.25, -0.2) is 4.98 Å². The van der Waals surface area contributed by atoms with Crippen molar-refractivity contribution in [3.63, 3.8) is 0 Å². The molecule has 3 aromatic heterocycles. The number of esters is 1. The van der Waals surface area contributed by atoms with Gasteiger partial charge in [-0.1, -0.05) is 24.3 Å². The molecule has 0 fully saturated rings. The van der Waals surface area contributed by atoms with Crippen LogP contribution in [0.5, 0.6) is 0 Å². The Morgan fingerprint density at radius 1 is 1.04 bits per heavy atom. The summed E-state index contributed by atoms with van der Waals surface area (Å²) in [5.41, 5.74) is 2.54. The Morgan fingerprint density at radius 3 is 2.85 bits per heavy atom. The lowest BCUT2D eigenvalue weighted by atomic mass is 10.1. The number of para-hydroxylation sites is 1. The zero-order chi connectivity index (χ0) is 17.8. The van der Waals surface area contributed by atoms with Crippen LogP contribution in [0.25, 0.3) is 21.7 Å². The van der Waals surface area contributed by atoms with Crippen LogP contribution in [-0.4, -0.2) is 15.9 Å². The Balaban J connectivity index is 1.30. The molecule has 0 unspecified atom stereocenters. The van der Waals surface area contributed by atoms with Gasteiger partial charge in [0.05, 0.1) is 23.9 Å². The van der Waals surface area contributed by atoms with E-state index in [2.05, 4.69) is 9.97 Å². The molecule has 0 atom stereocenters. The summed E-state index contributed by atoms with van der Waals surface area (Å²) in [5.74, 6) is 0.461. The first-order chi connectivity index (χ1) is 12.8. The molecular formula is C20H16N2O3S. The van der Waals surface area contributed by atoms with Gasteiger partial charge in [0.15, 0.2) is 10.8 Å². The maximum atomic E-state index is 12.0. The lowest BCUT2D eigenvalue weighted by Gasteiger charge is -2.04. The summed E-state index contributed by atoms with van der Waals surface area (Å²) in [6, 6.07) is 15.6. The van der Waals surface area contributed by atoms with Crippen LogP contribution in [0, 0.1) is 0 Å². The largest absolute Gasteiger partial charge is 0.462 e. The molecule has 26 heavy (non-hydrogen) atoms. The average molecular weight is 364 g/mol. The van der Waals surface area contributed by atoms with Crippen molar-refractivity contribution in [2.24, 2.45) is 0 Å². The van der Waals surface area contributed by atoms with E-state index in [0.717, 1.165) is 33.1 Å². The van der Waals surface area contributed by atoms with Crippen molar-refractivity contribution < 1.29 is 13.9 Å². The molecule has 0 amide bonds. The second-order valence-electron chi connectivity index (χ2n) is 5.78. The molecule has 4 rings (SSSR count). The van der Waals surface area contributed by atoms with E-state index < -0.39 is 0 Å². The van der Waals surface area contributed by atoms with Gasteiger partial charge in [-0.3, -0.25) is 9.78 Å². The standard InChI is InChI=1S/C20H16N2O3S/c23-19(10-9-15-8-7-14-4-1-2-5-17(14)21-15)25-12-16-13-26-20(22-16)18-6-3-11-24-18/h1-8,11,13H,9-10,12H2. The van der Waals surface area contributed by atoms with E-state index in [4.69, 9.17) is 9.15 Å². The van der Waals surface area contributed by atoms with Crippen LogP contribution in [-0.2, 0) is 22.6 Å². The smallest absolute Gasteiger partial charge is 0.306 e. The van der Waals surface area contributed by atoms with Gasteiger partial charge < -0.3 is 9.15 Å². The fourth-order valence-electron chi connectivity index (χ4n) is 2.59. The maximum Gasteiger partial charge on any atom is 0.306 e. The van der Waals surface area contributed by atoms with Crippen LogP contribution in [0.1, 0.15) is 17.8 Å². The summed E-state index contributed by atoms with van der Waals surface area (Å²) in [4.78, 5) is 21.0. The van der Waals surface area contributed by atoms with E-state index in [1.165, 1.54) is 11.3 Å². The molecule has 4 aromatic rings. The molecular weight excluding hydrogens is 348 g/mol. The third-order valence-electron chi connectivity index (χ3n) is 3.91. The molecule has 0 saturated heterocycles. The van der Waals surface area contributed by atoms with Gasteiger partial charge in [0, 0.05) is 22.9 Å². The Kier molecular flexibility index (Phi) is 4.75. The number of aryl methyl sites for hydroxylation is 1. The summed E-state index contributed by atoms with van der Waals surface area (Å²) in [7, 11) is 0. The molecule has 0 bridgehead atoms. The highest BCUT2D eigenvalue weighted by atomic mass is 32.1. The Hall–Kier alpha value is -2.99. The minimum atomic E-state index is -0.257. The van der Waals surface area contributed by atoms with Crippen molar-refractivity contribution >= 4 is 28.2 Å². The number of thiazole rings is 1. The number of benzene rings is 1. The summed E-state index contributed by atoms with van der Waals surface area (Å²) < 4.78 is 10.6. The van der Waals surface area contributed by atoms with Gasteiger partial charge in [-0.15, -0.1) is 11.3 Å². The van der Waals surface area contributed by atoms with E-state index in [1.807, 2.05) is 53.9 Å². The quantitative estimate of drug-likeness (QED) is 0.467. The number of carbonyl (C=O) groups is 1. The zero-order valence-electron chi connectivity index (χ0n) is 13.9. The van der Waals surface area contributed by atoms with Crippen LogP contribution < -0.4 is 0 Å². The molecule has 0 N–H and O–H groups in total. The molecule has 0 aliphatic carbocycles. The third kappa shape index (κ3) is 3.81. The highest BCUT2D eigenvalue weighted by Crippen LogP contribution is 2.24. The van der Waals surface area contributed by atoms with Gasteiger partial charge in [-0.2, -0.15) is 0 Å². The third-order valence-corrected chi connectivity index (χ3v) is 4.81. The lowest BCUT2D eigenvalue weighted by Crippen LogP contribution is -2.06. The Morgan fingerprint density at radius 2 is 1.96 bits per heavy atom. The molecule has 5 nitrogen and oxygen atoms in total. The molecule has 130 valence electrons. The van der Waals surface area contributed by atoms with Crippen LogP contribution in [0.4, 0.5) is 0 Å². The monoisotopic (exact) mass is 364 g/mol. The molecule has 0 spiro atoms. The number of rotatable bonds is 6. The van der Waals surface area contributed by atoms with E-state index in [0.29, 0.717) is 12.8 Å². The second-order valence-corrected chi connectivity index (χ2v) is 6.64. The highest BCUT2D eigenvalue weighted by molar-refractivity contribution is 7.13. The van der Waals surface area contributed by atoms with Crippen molar-refractivity contribution in [2.75, 3.05) is 0 Å². The number of pyridine rings is 1. The number of hydrogen-bond donors (Lipinski definition) is 0. The van der Waals surface area contributed by atoms with E-state index in [-0.39, 0.29) is 12.6 Å². The Labute approximate surface area is 154 Å². The van der Waals surface area contributed by atoms with Crippen LogP contribution in [0.15, 0.2) is 64.6 Å². The number of nitrogens with zero attached hydrogens (tertiary/aromatic N) is 2. The van der Waals surface area contributed by atoms with E-state index in [9.17, 15) is 4.79 Å². The van der Waals surface area contributed by atoms with Gasteiger partial charge in [0.25, 0.3) is 0 Å². The van der Waals surface area contributed by atoms with E-state index >= 15 is 0 Å². The number of aromatic nitrogens is 2. The molecule has 0 radical (unpaired) electrons. The second kappa shape index (κ2) is 7.49. The molecule has 6 heteroatoms. The van der Waals surface area contributed by atoms with Crippen LogP contribution in [0.2, 0.25) is 0 Å².